The molecule has 0 bridgehead atoms. The van der Waals surface area contributed by atoms with Gasteiger partial charge in [-0.3, -0.25) is 9.59 Å². The number of aryl methyl sites for hydroxylation is 1. The number of carbonyl (C=O) groups excluding carboxylic acids is 2. The van der Waals surface area contributed by atoms with Gasteiger partial charge in [0.2, 0.25) is 5.91 Å². The normalized spacial score (nSPS) is 19.1. The number of nitrogens with one attached hydrogen (secondary N) is 1. The molecule has 164 valence electrons. The molecule has 1 saturated carbocycles. The van der Waals surface area contributed by atoms with E-state index in [4.69, 9.17) is 4.74 Å². The molecule has 33 heavy (non-hydrogen) atoms. The van der Waals surface area contributed by atoms with Crippen LogP contribution >= 0.6 is 0 Å². The van der Waals surface area contributed by atoms with Gasteiger partial charge in [0.05, 0.1) is 17.5 Å². The SMILES string of the molecule is Cc1cc(NC(=O)C2c3ccccc3Oc3ccccc32)n(C2=NC(=O)C3CCCC3=N2)n1. The fourth-order valence-corrected chi connectivity index (χ4v) is 4.78. The molecule has 3 aromatic rings. The molecule has 0 radical (unpaired) electrons. The van der Waals surface area contributed by atoms with E-state index in [0.29, 0.717) is 23.0 Å². The van der Waals surface area contributed by atoms with Crippen molar-refractivity contribution in [3.8, 4) is 11.5 Å². The molecule has 8 nitrogen and oxygen atoms in total. The van der Waals surface area contributed by atoms with Crippen LogP contribution in [-0.4, -0.2) is 33.3 Å². The Bertz CT molecular complexity index is 1320. The maximum Gasteiger partial charge on any atom is 0.257 e. The number of carbonyl (C=O) groups is 2. The Hall–Kier alpha value is -4.07. The highest BCUT2D eigenvalue weighted by Crippen LogP contribution is 2.44. The molecule has 2 aliphatic heterocycles. The second-order valence-corrected chi connectivity index (χ2v) is 8.48. The Morgan fingerprint density at radius 1 is 1.06 bits per heavy atom. The van der Waals surface area contributed by atoms with Crippen molar-refractivity contribution in [2.24, 2.45) is 15.9 Å². The maximum atomic E-state index is 13.6. The number of hydrogen-bond donors (Lipinski definition) is 1. The van der Waals surface area contributed by atoms with E-state index in [2.05, 4.69) is 20.4 Å². The van der Waals surface area contributed by atoms with Crippen LogP contribution in [0.1, 0.15) is 42.0 Å². The molecule has 1 N–H and O–H groups in total. The van der Waals surface area contributed by atoms with E-state index in [-0.39, 0.29) is 23.7 Å². The maximum absolute atomic E-state index is 13.6. The van der Waals surface area contributed by atoms with Gasteiger partial charge in [-0.15, -0.1) is 0 Å². The Morgan fingerprint density at radius 3 is 2.48 bits per heavy atom. The number of benzene rings is 2. The van der Waals surface area contributed by atoms with E-state index in [1.54, 1.807) is 6.07 Å². The number of para-hydroxylation sites is 2. The van der Waals surface area contributed by atoms with Crippen molar-refractivity contribution in [2.45, 2.75) is 32.1 Å². The Balaban J connectivity index is 1.37. The largest absolute Gasteiger partial charge is 0.457 e. The predicted molar refractivity (Wildman–Crippen MR) is 123 cm³/mol. The highest BCUT2D eigenvalue weighted by Gasteiger charge is 2.35. The summed E-state index contributed by atoms with van der Waals surface area (Å²) in [6.07, 6.45) is 2.51. The standard InChI is InChI=1S/C25H21N5O3/c1-14-13-21(30(29-14)25-26-18-10-6-9-15(18)23(31)28-25)27-24(32)22-16-7-2-4-11-19(16)33-20-12-5-3-8-17(20)22/h2-5,7-8,11-13,15,22H,6,9-10H2,1H3,(H,27,32). The van der Waals surface area contributed by atoms with E-state index < -0.39 is 5.92 Å². The molecule has 1 fully saturated rings. The molecule has 1 aliphatic carbocycles. The molecular formula is C25H21N5O3. The van der Waals surface area contributed by atoms with Crippen molar-refractivity contribution in [1.29, 1.82) is 0 Å². The topological polar surface area (TPSA) is 97.9 Å². The van der Waals surface area contributed by atoms with Crippen LogP contribution in [0.15, 0.2) is 64.6 Å². The summed E-state index contributed by atoms with van der Waals surface area (Å²) in [5.41, 5.74) is 3.11. The number of aliphatic imine (C=N–C) groups is 2. The summed E-state index contributed by atoms with van der Waals surface area (Å²) < 4.78 is 7.46. The van der Waals surface area contributed by atoms with Gasteiger partial charge in [0.25, 0.3) is 11.9 Å². The smallest absolute Gasteiger partial charge is 0.257 e. The highest BCUT2D eigenvalue weighted by atomic mass is 16.5. The lowest BCUT2D eigenvalue weighted by molar-refractivity contribution is -0.119. The first-order valence-corrected chi connectivity index (χ1v) is 11.0. The molecule has 1 atom stereocenters. The monoisotopic (exact) mass is 439 g/mol. The van der Waals surface area contributed by atoms with Gasteiger partial charge in [-0.2, -0.15) is 14.8 Å². The summed E-state index contributed by atoms with van der Waals surface area (Å²) in [6.45, 7) is 1.82. The molecule has 0 spiro atoms. The number of fused-ring (bicyclic) bond motifs is 3. The average Bonchev–Trinajstić information content (AvgIpc) is 3.43. The predicted octanol–water partition coefficient (Wildman–Crippen LogP) is 4.05. The first-order chi connectivity index (χ1) is 16.1. The Labute approximate surface area is 190 Å². The number of amides is 2. The molecule has 0 saturated heterocycles. The van der Waals surface area contributed by atoms with E-state index in [9.17, 15) is 9.59 Å². The van der Waals surface area contributed by atoms with Gasteiger partial charge in [0, 0.05) is 22.9 Å². The van der Waals surface area contributed by atoms with Gasteiger partial charge < -0.3 is 10.1 Å². The molecule has 3 aliphatic rings. The van der Waals surface area contributed by atoms with Gasteiger partial charge in [0.1, 0.15) is 17.3 Å². The van der Waals surface area contributed by atoms with Gasteiger partial charge in [-0.05, 0) is 38.3 Å². The quantitative estimate of drug-likeness (QED) is 0.651. The molecule has 1 unspecified atom stereocenters. The van der Waals surface area contributed by atoms with Crippen molar-refractivity contribution in [1.82, 2.24) is 9.78 Å². The highest BCUT2D eigenvalue weighted by molar-refractivity contribution is 6.17. The van der Waals surface area contributed by atoms with Crippen LogP contribution in [0.2, 0.25) is 0 Å². The first-order valence-electron chi connectivity index (χ1n) is 11.0. The van der Waals surface area contributed by atoms with Crippen LogP contribution in [0.5, 0.6) is 11.5 Å². The van der Waals surface area contributed by atoms with Crippen molar-refractivity contribution >= 4 is 29.3 Å². The van der Waals surface area contributed by atoms with E-state index in [0.717, 1.165) is 36.1 Å². The minimum Gasteiger partial charge on any atom is -0.457 e. The lowest BCUT2D eigenvalue weighted by atomic mass is 9.87. The van der Waals surface area contributed by atoms with Gasteiger partial charge >= 0.3 is 0 Å². The second-order valence-electron chi connectivity index (χ2n) is 8.48. The lowest BCUT2D eigenvalue weighted by Gasteiger charge is -2.27. The van der Waals surface area contributed by atoms with Gasteiger partial charge in [0.15, 0.2) is 0 Å². The molecule has 6 rings (SSSR count). The summed E-state index contributed by atoms with van der Waals surface area (Å²) >= 11 is 0. The van der Waals surface area contributed by atoms with E-state index in [1.807, 2.05) is 55.5 Å². The number of nitrogens with zero attached hydrogens (tertiary/aromatic N) is 4. The zero-order valence-electron chi connectivity index (χ0n) is 18.0. The summed E-state index contributed by atoms with van der Waals surface area (Å²) in [5, 5.41) is 7.46. The van der Waals surface area contributed by atoms with Crippen LogP contribution in [0.25, 0.3) is 0 Å². The minimum atomic E-state index is -0.560. The van der Waals surface area contributed by atoms with Crippen molar-refractivity contribution in [3.63, 3.8) is 0 Å². The summed E-state index contributed by atoms with van der Waals surface area (Å²) in [7, 11) is 0. The number of rotatable bonds is 2. The number of aromatic nitrogens is 2. The van der Waals surface area contributed by atoms with Crippen LogP contribution in [0, 0.1) is 12.8 Å². The van der Waals surface area contributed by atoms with Crippen LogP contribution in [0.3, 0.4) is 0 Å². The fourth-order valence-electron chi connectivity index (χ4n) is 4.78. The minimum absolute atomic E-state index is 0.190. The average molecular weight is 439 g/mol. The third kappa shape index (κ3) is 3.26. The Kier molecular flexibility index (Phi) is 4.46. The van der Waals surface area contributed by atoms with Crippen molar-refractivity contribution < 1.29 is 14.3 Å². The zero-order chi connectivity index (χ0) is 22.5. The Morgan fingerprint density at radius 2 is 1.76 bits per heavy atom. The molecule has 2 amide bonds. The zero-order valence-corrected chi connectivity index (χ0v) is 18.0. The van der Waals surface area contributed by atoms with E-state index in [1.165, 1.54) is 4.68 Å². The molecular weight excluding hydrogens is 418 g/mol. The molecule has 3 heterocycles. The molecule has 1 aromatic heterocycles. The third-order valence-electron chi connectivity index (χ3n) is 6.29. The number of anilines is 1. The lowest BCUT2D eigenvalue weighted by Crippen LogP contribution is -2.30. The van der Waals surface area contributed by atoms with Crippen molar-refractivity contribution in [2.75, 3.05) is 5.32 Å². The molecule has 8 heteroatoms. The molecule has 2 aromatic carbocycles. The third-order valence-corrected chi connectivity index (χ3v) is 6.29. The van der Waals surface area contributed by atoms with Crippen LogP contribution in [0.4, 0.5) is 5.82 Å². The second kappa shape index (κ2) is 7.51. The summed E-state index contributed by atoms with van der Waals surface area (Å²) in [6, 6.07) is 16.8. The fraction of sp³-hybridized carbons (Fsp3) is 0.240. The summed E-state index contributed by atoms with van der Waals surface area (Å²) in [5.74, 6) is 0.743. The number of hydrogen-bond acceptors (Lipinski definition) is 5. The number of ether oxygens (including phenoxy) is 1. The van der Waals surface area contributed by atoms with E-state index >= 15 is 0 Å². The van der Waals surface area contributed by atoms with Gasteiger partial charge in [-0.25, -0.2) is 4.99 Å². The van der Waals surface area contributed by atoms with Crippen LogP contribution < -0.4 is 10.1 Å². The van der Waals surface area contributed by atoms with Crippen LogP contribution in [-0.2, 0) is 9.59 Å². The van der Waals surface area contributed by atoms with Crippen molar-refractivity contribution in [3.05, 3.63) is 71.4 Å². The first kappa shape index (κ1) is 19.6. The van der Waals surface area contributed by atoms with Gasteiger partial charge in [-0.1, -0.05) is 36.4 Å². The summed E-state index contributed by atoms with van der Waals surface area (Å²) in [4.78, 5) is 34.9.